The van der Waals surface area contributed by atoms with Crippen LogP contribution in [0.2, 0.25) is 5.02 Å². The van der Waals surface area contributed by atoms with Gasteiger partial charge in [0.1, 0.15) is 5.56 Å². The summed E-state index contributed by atoms with van der Waals surface area (Å²) in [5, 5.41) is 2.36. The van der Waals surface area contributed by atoms with Gasteiger partial charge in [0.15, 0.2) is 28.6 Å². The average molecular weight is 452 g/mol. The monoisotopic (exact) mass is 451 g/mol. The zero-order valence-electron chi connectivity index (χ0n) is 15.5. The SMILES string of the molecule is COc1c(F)c(F)c(C(=O)Nc2ccc(Cl)c(-c3nc4ncccc4o3)c2)c(F)c1F. The fourth-order valence-electron chi connectivity index (χ4n) is 2.83. The Hall–Kier alpha value is -3.66. The average Bonchev–Trinajstić information content (AvgIpc) is 3.18. The standard InChI is InChI=1S/C20H10ClF4N3O3/c1-30-17-15(24)13(22)12(14(23)16(17)25)19(29)27-8-4-5-10(21)9(7-8)20-28-18-11(31-20)3-2-6-26-18/h2-7H,1H3,(H,27,29). The van der Waals surface area contributed by atoms with Gasteiger partial charge >= 0.3 is 0 Å². The molecule has 0 atom stereocenters. The first-order chi connectivity index (χ1) is 14.8. The predicted molar refractivity (Wildman–Crippen MR) is 103 cm³/mol. The second-order valence-corrected chi connectivity index (χ2v) is 6.56. The number of halogens is 5. The summed E-state index contributed by atoms with van der Waals surface area (Å²) < 4.78 is 66.1. The summed E-state index contributed by atoms with van der Waals surface area (Å²) in [7, 11) is 0.830. The lowest BCUT2D eigenvalue weighted by molar-refractivity contribution is 0.101. The lowest BCUT2D eigenvalue weighted by Gasteiger charge is -2.12. The highest BCUT2D eigenvalue weighted by Crippen LogP contribution is 2.33. The summed E-state index contributed by atoms with van der Waals surface area (Å²) in [6, 6.07) is 7.28. The number of oxazole rings is 1. The zero-order chi connectivity index (χ0) is 22.3. The number of rotatable bonds is 4. The van der Waals surface area contributed by atoms with Crippen molar-refractivity contribution >= 4 is 34.4 Å². The van der Waals surface area contributed by atoms with Crippen LogP contribution in [-0.4, -0.2) is 23.0 Å². The number of pyridine rings is 1. The Bertz CT molecular complexity index is 1280. The molecule has 1 amide bonds. The molecule has 4 rings (SSSR count). The number of benzene rings is 2. The minimum Gasteiger partial charge on any atom is -0.491 e. The van der Waals surface area contributed by atoms with Gasteiger partial charge in [-0.1, -0.05) is 11.6 Å². The molecule has 2 aromatic heterocycles. The molecule has 6 nitrogen and oxygen atoms in total. The molecular formula is C20H10ClF4N3O3. The molecule has 2 aromatic carbocycles. The third-order valence-electron chi connectivity index (χ3n) is 4.27. The van der Waals surface area contributed by atoms with E-state index in [1.807, 2.05) is 0 Å². The van der Waals surface area contributed by atoms with Gasteiger partial charge in [0.2, 0.25) is 17.5 Å². The topological polar surface area (TPSA) is 77.2 Å². The highest BCUT2D eigenvalue weighted by molar-refractivity contribution is 6.33. The van der Waals surface area contributed by atoms with Crippen LogP contribution in [0, 0.1) is 23.3 Å². The summed E-state index contributed by atoms with van der Waals surface area (Å²) in [5.41, 5.74) is -0.494. The first kappa shape index (κ1) is 20.6. The van der Waals surface area contributed by atoms with E-state index in [4.69, 9.17) is 16.0 Å². The number of nitrogens with one attached hydrogen (secondary N) is 1. The van der Waals surface area contributed by atoms with E-state index in [9.17, 15) is 22.4 Å². The summed E-state index contributed by atoms with van der Waals surface area (Å²) in [6.45, 7) is 0. The molecule has 0 bridgehead atoms. The van der Waals surface area contributed by atoms with Crippen molar-refractivity contribution in [2.75, 3.05) is 12.4 Å². The Morgan fingerprint density at radius 3 is 2.45 bits per heavy atom. The summed E-state index contributed by atoms with van der Waals surface area (Å²) in [4.78, 5) is 20.6. The number of hydrogen-bond donors (Lipinski definition) is 1. The van der Waals surface area contributed by atoms with Gasteiger partial charge in [0.05, 0.1) is 17.7 Å². The van der Waals surface area contributed by atoms with Crippen molar-refractivity contribution in [3.05, 3.63) is 70.4 Å². The summed E-state index contributed by atoms with van der Waals surface area (Å²) in [6.07, 6.45) is 1.52. The Labute approximate surface area is 176 Å². The van der Waals surface area contributed by atoms with Crippen molar-refractivity contribution in [3.63, 3.8) is 0 Å². The minimum atomic E-state index is -1.90. The number of fused-ring (bicyclic) bond motifs is 1. The fraction of sp³-hybridized carbons (Fsp3) is 0.0500. The lowest BCUT2D eigenvalue weighted by atomic mass is 10.1. The van der Waals surface area contributed by atoms with Gasteiger partial charge in [0, 0.05) is 11.9 Å². The van der Waals surface area contributed by atoms with Crippen LogP contribution in [0.25, 0.3) is 22.7 Å². The molecule has 0 spiro atoms. The normalized spacial score (nSPS) is 11.0. The molecule has 0 fully saturated rings. The van der Waals surface area contributed by atoms with Crippen LogP contribution in [0.4, 0.5) is 23.2 Å². The Morgan fingerprint density at radius 2 is 1.81 bits per heavy atom. The number of carbonyl (C=O) groups is 1. The Morgan fingerprint density at radius 1 is 1.10 bits per heavy atom. The van der Waals surface area contributed by atoms with E-state index in [0.717, 1.165) is 7.11 Å². The fourth-order valence-corrected chi connectivity index (χ4v) is 3.03. The van der Waals surface area contributed by atoms with E-state index >= 15 is 0 Å². The number of carbonyl (C=O) groups excluding carboxylic acids is 1. The first-order valence-electron chi connectivity index (χ1n) is 8.54. The molecule has 2 heterocycles. The van der Waals surface area contributed by atoms with Crippen molar-refractivity contribution in [2.45, 2.75) is 0 Å². The van der Waals surface area contributed by atoms with E-state index < -0.39 is 40.5 Å². The van der Waals surface area contributed by atoms with Gasteiger partial charge in [-0.2, -0.15) is 13.8 Å². The van der Waals surface area contributed by atoms with Crippen molar-refractivity contribution in [3.8, 4) is 17.2 Å². The highest BCUT2D eigenvalue weighted by Gasteiger charge is 2.30. The number of aromatic nitrogens is 2. The molecule has 158 valence electrons. The van der Waals surface area contributed by atoms with Crippen LogP contribution in [0.5, 0.6) is 5.75 Å². The van der Waals surface area contributed by atoms with Crippen LogP contribution in [0.1, 0.15) is 10.4 Å². The van der Waals surface area contributed by atoms with Crippen molar-refractivity contribution in [1.82, 2.24) is 9.97 Å². The van der Waals surface area contributed by atoms with Crippen LogP contribution in [-0.2, 0) is 0 Å². The van der Waals surface area contributed by atoms with Crippen LogP contribution in [0.15, 0.2) is 40.9 Å². The maximum Gasteiger partial charge on any atom is 0.261 e. The van der Waals surface area contributed by atoms with Gasteiger partial charge in [0.25, 0.3) is 5.91 Å². The minimum absolute atomic E-state index is 0.00931. The lowest BCUT2D eigenvalue weighted by Crippen LogP contribution is -2.19. The molecule has 0 aliphatic carbocycles. The third-order valence-corrected chi connectivity index (χ3v) is 4.60. The second kappa shape index (κ2) is 7.88. The van der Waals surface area contributed by atoms with Gasteiger partial charge in [-0.05, 0) is 30.3 Å². The van der Waals surface area contributed by atoms with Crippen molar-refractivity contribution in [2.24, 2.45) is 0 Å². The first-order valence-corrected chi connectivity index (χ1v) is 8.92. The maximum absolute atomic E-state index is 14.2. The second-order valence-electron chi connectivity index (χ2n) is 6.16. The van der Waals surface area contributed by atoms with Gasteiger partial charge in [-0.15, -0.1) is 0 Å². The van der Waals surface area contributed by atoms with Crippen LogP contribution >= 0.6 is 11.6 Å². The van der Waals surface area contributed by atoms with Gasteiger partial charge in [-0.25, -0.2) is 13.8 Å². The van der Waals surface area contributed by atoms with E-state index in [-0.39, 0.29) is 22.2 Å². The van der Waals surface area contributed by atoms with Gasteiger partial charge < -0.3 is 14.5 Å². The van der Waals surface area contributed by atoms with Gasteiger partial charge in [-0.3, -0.25) is 4.79 Å². The molecular weight excluding hydrogens is 442 g/mol. The molecule has 1 N–H and O–H groups in total. The molecule has 0 radical (unpaired) electrons. The molecule has 11 heteroatoms. The van der Waals surface area contributed by atoms with Crippen molar-refractivity contribution in [1.29, 1.82) is 0 Å². The molecule has 31 heavy (non-hydrogen) atoms. The molecule has 0 aliphatic heterocycles. The molecule has 0 unspecified atom stereocenters. The number of ether oxygens (including phenoxy) is 1. The smallest absolute Gasteiger partial charge is 0.261 e. The highest BCUT2D eigenvalue weighted by atomic mass is 35.5. The number of anilines is 1. The van der Waals surface area contributed by atoms with E-state index in [1.54, 1.807) is 12.1 Å². The quantitative estimate of drug-likeness (QED) is 0.334. The molecule has 0 saturated heterocycles. The maximum atomic E-state index is 14.2. The van der Waals surface area contributed by atoms with E-state index in [1.165, 1.54) is 24.4 Å². The number of hydrogen-bond acceptors (Lipinski definition) is 5. The van der Waals surface area contributed by atoms with Crippen LogP contribution in [0.3, 0.4) is 0 Å². The Balaban J connectivity index is 1.71. The largest absolute Gasteiger partial charge is 0.491 e. The number of nitrogens with zero attached hydrogens (tertiary/aromatic N) is 2. The Kier molecular flexibility index (Phi) is 5.24. The molecule has 4 aromatic rings. The summed E-state index contributed by atoms with van der Waals surface area (Å²) >= 11 is 6.17. The molecule has 0 saturated carbocycles. The number of methoxy groups -OCH3 is 1. The zero-order valence-corrected chi connectivity index (χ0v) is 16.2. The predicted octanol–water partition coefficient (Wildman–Crippen LogP) is 5.36. The van der Waals surface area contributed by atoms with Crippen molar-refractivity contribution < 1.29 is 31.5 Å². The van der Waals surface area contributed by atoms with Crippen LogP contribution < -0.4 is 10.1 Å². The van der Waals surface area contributed by atoms with E-state index in [2.05, 4.69) is 20.0 Å². The summed E-state index contributed by atoms with van der Waals surface area (Å²) in [5.74, 6) is -10.1. The van der Waals surface area contributed by atoms with E-state index in [0.29, 0.717) is 11.2 Å². The molecule has 0 aliphatic rings. The third kappa shape index (κ3) is 3.55. The number of amides is 1.